The number of rotatable bonds is 4. The van der Waals surface area contributed by atoms with Gasteiger partial charge in [-0.25, -0.2) is 0 Å². The van der Waals surface area contributed by atoms with E-state index in [-0.39, 0.29) is 12.1 Å². The molecule has 2 aliphatic rings. The molecule has 0 radical (unpaired) electrons. The zero-order chi connectivity index (χ0) is 45.1. The van der Waals surface area contributed by atoms with Crippen molar-refractivity contribution in [2.45, 2.75) is 26.2 Å². The van der Waals surface area contributed by atoms with Crippen molar-refractivity contribution in [1.29, 1.82) is 10.5 Å². The zero-order valence-corrected chi connectivity index (χ0v) is 37.0. The first-order valence-corrected chi connectivity index (χ1v) is 22.6. The van der Waals surface area contributed by atoms with E-state index in [1.807, 2.05) is 24.3 Å². The molecule has 67 heavy (non-hydrogen) atoms. The summed E-state index contributed by atoms with van der Waals surface area (Å²) in [5.41, 5.74) is 15.2. The SMILES string of the molecule is CC(C)(C)c1cc2c3c(c1)Oc1cc(-c4cc(C#N)ccc4-n4c5ccccc5c5ccccc54)ccc1B3c1ccc(-c3cc(C#N)ccc3-n3c4ccccc4c4ccccc43)cc1O2. The number of para-hydroxylation sites is 4. The molecule has 0 atom stereocenters. The molecule has 0 spiro atoms. The van der Waals surface area contributed by atoms with Gasteiger partial charge in [0.25, 0.3) is 6.71 Å². The van der Waals surface area contributed by atoms with E-state index in [2.05, 4.69) is 200 Å². The third kappa shape index (κ3) is 5.82. The number of nitriles is 2. The fourth-order valence-electron chi connectivity index (χ4n) is 10.7. The summed E-state index contributed by atoms with van der Waals surface area (Å²) in [6.07, 6.45) is 0. The molecule has 0 aliphatic carbocycles. The van der Waals surface area contributed by atoms with Crippen molar-refractivity contribution < 1.29 is 9.47 Å². The van der Waals surface area contributed by atoms with E-state index in [0.29, 0.717) is 11.1 Å². The number of benzene rings is 9. The molecule has 0 bridgehead atoms. The molecule has 13 rings (SSSR count). The number of hydrogen-bond acceptors (Lipinski definition) is 4. The van der Waals surface area contributed by atoms with Crippen molar-refractivity contribution >= 4 is 66.7 Å². The Kier molecular flexibility index (Phi) is 8.29. The van der Waals surface area contributed by atoms with Gasteiger partial charge in [-0.2, -0.15) is 10.5 Å². The van der Waals surface area contributed by atoms with Gasteiger partial charge in [-0.1, -0.05) is 118 Å². The van der Waals surface area contributed by atoms with Crippen molar-refractivity contribution in [3.63, 3.8) is 0 Å². The largest absolute Gasteiger partial charge is 0.458 e. The summed E-state index contributed by atoms with van der Waals surface area (Å²) >= 11 is 0. The van der Waals surface area contributed by atoms with Crippen LogP contribution in [0.15, 0.2) is 182 Å². The minimum Gasteiger partial charge on any atom is -0.458 e. The minimum atomic E-state index is -0.193. The average Bonchev–Trinajstić information content (AvgIpc) is 3.88. The Morgan fingerprint density at radius 1 is 0.433 bits per heavy atom. The predicted octanol–water partition coefficient (Wildman–Crippen LogP) is 13.0. The Balaban J connectivity index is 0.994. The lowest BCUT2D eigenvalue weighted by Gasteiger charge is -2.35. The van der Waals surface area contributed by atoms with Crippen LogP contribution in [0.5, 0.6) is 23.0 Å². The van der Waals surface area contributed by atoms with Crippen LogP contribution in [0, 0.1) is 22.7 Å². The minimum absolute atomic E-state index is 0.181. The van der Waals surface area contributed by atoms with E-state index in [9.17, 15) is 10.5 Å². The van der Waals surface area contributed by atoms with Crippen molar-refractivity contribution in [3.8, 4) is 68.8 Å². The molecule has 0 unspecified atom stereocenters. The molecule has 4 heterocycles. The van der Waals surface area contributed by atoms with Crippen LogP contribution in [0.4, 0.5) is 0 Å². The Morgan fingerprint density at radius 3 is 1.19 bits per heavy atom. The van der Waals surface area contributed by atoms with Gasteiger partial charge in [0.15, 0.2) is 0 Å². The lowest BCUT2D eigenvalue weighted by Crippen LogP contribution is -2.57. The topological polar surface area (TPSA) is 75.9 Å². The monoisotopic (exact) mass is 858 g/mol. The van der Waals surface area contributed by atoms with E-state index in [4.69, 9.17) is 9.47 Å². The summed E-state index contributed by atoms with van der Waals surface area (Å²) in [4.78, 5) is 0. The summed E-state index contributed by atoms with van der Waals surface area (Å²) in [6.45, 7) is 6.44. The van der Waals surface area contributed by atoms with Crippen LogP contribution in [-0.4, -0.2) is 15.8 Å². The standard InChI is InChI=1S/C60H39BN4O2/c1-60(2,3)40-32-57-59-58(33-40)67-56-31-39(46-29-37(35-63)21-27-54(46)65-51-18-10-6-14-43(51)44-15-7-11-19-52(44)65)23-25-48(56)61(59)47-24-22-38(30-55(47)66-57)45-28-36(34-62)20-26-53(45)64-49-16-8-4-12-41(49)42-13-5-9-17-50(42)64/h4-33H,1-3H3. The third-order valence-electron chi connectivity index (χ3n) is 13.9. The van der Waals surface area contributed by atoms with Gasteiger partial charge < -0.3 is 18.6 Å². The van der Waals surface area contributed by atoms with Gasteiger partial charge in [0, 0.05) is 38.1 Å². The molecule has 2 aliphatic heterocycles. The zero-order valence-electron chi connectivity index (χ0n) is 37.0. The van der Waals surface area contributed by atoms with Gasteiger partial charge in [0.1, 0.15) is 23.0 Å². The first kappa shape index (κ1) is 38.7. The highest BCUT2D eigenvalue weighted by Crippen LogP contribution is 2.43. The molecule has 0 fully saturated rings. The molecule has 6 nitrogen and oxygen atoms in total. The Labute approximate surface area is 387 Å². The Bertz CT molecular complexity index is 3670. The third-order valence-corrected chi connectivity index (χ3v) is 13.9. The van der Waals surface area contributed by atoms with E-state index in [1.54, 1.807) is 0 Å². The highest BCUT2D eigenvalue weighted by Gasteiger charge is 2.41. The van der Waals surface area contributed by atoms with E-state index in [0.717, 1.165) is 101 Å². The molecule has 7 heteroatoms. The molecule has 11 aromatic rings. The van der Waals surface area contributed by atoms with Crippen molar-refractivity contribution in [2.75, 3.05) is 0 Å². The lowest BCUT2D eigenvalue weighted by atomic mass is 9.34. The van der Waals surface area contributed by atoms with Crippen LogP contribution in [0.1, 0.15) is 37.5 Å². The normalized spacial score (nSPS) is 12.6. The molecule has 0 saturated carbocycles. The Morgan fingerprint density at radius 2 is 0.821 bits per heavy atom. The van der Waals surface area contributed by atoms with Crippen LogP contribution in [0.25, 0.3) is 77.2 Å². The van der Waals surface area contributed by atoms with Gasteiger partial charge in [0.05, 0.1) is 56.7 Å². The highest BCUT2D eigenvalue weighted by atomic mass is 16.5. The summed E-state index contributed by atoms with van der Waals surface area (Å²) < 4.78 is 18.7. The van der Waals surface area contributed by atoms with Crippen LogP contribution in [0.3, 0.4) is 0 Å². The maximum absolute atomic E-state index is 10.2. The molecular weight excluding hydrogens is 819 g/mol. The fourth-order valence-corrected chi connectivity index (χ4v) is 10.7. The fraction of sp³-hybridized carbons (Fsp3) is 0.0667. The summed E-state index contributed by atoms with van der Waals surface area (Å²) in [7, 11) is 0. The van der Waals surface area contributed by atoms with Gasteiger partial charge >= 0.3 is 0 Å². The number of hydrogen-bond donors (Lipinski definition) is 0. The second-order valence-electron chi connectivity index (χ2n) is 18.7. The van der Waals surface area contributed by atoms with Gasteiger partial charge in [-0.3, -0.25) is 0 Å². The maximum atomic E-state index is 10.2. The molecule has 9 aromatic carbocycles. The Hall–Kier alpha value is -8.78. The first-order chi connectivity index (χ1) is 32.7. The molecule has 0 amide bonds. The second kappa shape index (κ2) is 14.4. The van der Waals surface area contributed by atoms with Crippen molar-refractivity contribution in [1.82, 2.24) is 9.13 Å². The van der Waals surface area contributed by atoms with E-state index < -0.39 is 0 Å². The van der Waals surface area contributed by atoms with Gasteiger partial charge in [-0.05, 0) is 118 Å². The number of nitrogens with zero attached hydrogens (tertiary/aromatic N) is 4. The highest BCUT2D eigenvalue weighted by molar-refractivity contribution is 6.98. The van der Waals surface area contributed by atoms with Gasteiger partial charge in [0.2, 0.25) is 0 Å². The molecule has 314 valence electrons. The molecule has 0 N–H and O–H groups in total. The van der Waals surface area contributed by atoms with Crippen LogP contribution < -0.4 is 25.9 Å². The average molecular weight is 859 g/mol. The van der Waals surface area contributed by atoms with Crippen LogP contribution in [-0.2, 0) is 5.41 Å². The maximum Gasteiger partial charge on any atom is 0.260 e. The smallest absolute Gasteiger partial charge is 0.260 e. The van der Waals surface area contributed by atoms with Crippen LogP contribution in [0.2, 0.25) is 0 Å². The second-order valence-corrected chi connectivity index (χ2v) is 18.7. The summed E-state index contributed by atoms with van der Waals surface area (Å²) in [6, 6.07) is 68.0. The first-order valence-electron chi connectivity index (χ1n) is 22.6. The van der Waals surface area contributed by atoms with E-state index >= 15 is 0 Å². The van der Waals surface area contributed by atoms with Crippen molar-refractivity contribution in [2.24, 2.45) is 0 Å². The molecule has 0 saturated heterocycles. The summed E-state index contributed by atoms with van der Waals surface area (Å²) in [5, 5.41) is 25.1. The van der Waals surface area contributed by atoms with Crippen molar-refractivity contribution in [3.05, 3.63) is 199 Å². The molecular formula is C60H39BN4O2. The number of aromatic nitrogens is 2. The summed E-state index contributed by atoms with van der Waals surface area (Å²) in [5.74, 6) is 3.07. The van der Waals surface area contributed by atoms with Gasteiger partial charge in [-0.15, -0.1) is 0 Å². The van der Waals surface area contributed by atoms with E-state index in [1.165, 1.54) is 21.5 Å². The number of fused-ring (bicyclic) bond motifs is 10. The quantitative estimate of drug-likeness (QED) is 0.165. The van der Waals surface area contributed by atoms with Crippen LogP contribution >= 0.6 is 0 Å². The predicted molar refractivity (Wildman–Crippen MR) is 272 cm³/mol. The number of ether oxygens (including phenoxy) is 2. The lowest BCUT2D eigenvalue weighted by molar-refractivity contribution is 0.458. The molecule has 2 aromatic heterocycles.